The summed E-state index contributed by atoms with van der Waals surface area (Å²) < 4.78 is 13.2. The van der Waals surface area contributed by atoms with Crippen molar-refractivity contribution in [2.24, 2.45) is 0 Å². The summed E-state index contributed by atoms with van der Waals surface area (Å²) in [4.78, 5) is 18.5. The fraction of sp³-hybridized carbons (Fsp3) is 0.294. The molecule has 1 saturated heterocycles. The molecule has 7 heteroatoms. The molecule has 5 nitrogen and oxygen atoms in total. The van der Waals surface area contributed by atoms with Gasteiger partial charge in [0.1, 0.15) is 11.6 Å². The third kappa shape index (κ3) is 3.34. The van der Waals surface area contributed by atoms with Crippen molar-refractivity contribution in [1.29, 1.82) is 0 Å². The van der Waals surface area contributed by atoms with Crippen molar-refractivity contribution >= 4 is 23.3 Å². The Morgan fingerprint density at radius 1 is 1.42 bits per heavy atom. The second-order valence-electron chi connectivity index (χ2n) is 5.94. The molecule has 126 valence electrons. The number of carbonyl (C=O) groups is 1. The summed E-state index contributed by atoms with van der Waals surface area (Å²) in [5.74, 6) is -0.336. The lowest BCUT2D eigenvalue weighted by molar-refractivity contribution is 0.0927. The number of hydrogen-bond acceptors (Lipinski definition) is 4. The van der Waals surface area contributed by atoms with Crippen LogP contribution < -0.4 is 11.1 Å². The number of aromatic nitrogens is 1. The molecule has 1 aliphatic rings. The van der Waals surface area contributed by atoms with Gasteiger partial charge in [0.15, 0.2) is 0 Å². The van der Waals surface area contributed by atoms with Crippen LogP contribution >= 0.6 is 11.6 Å². The van der Waals surface area contributed by atoms with Crippen LogP contribution in [0.15, 0.2) is 36.5 Å². The molecule has 3 rings (SSSR count). The summed E-state index contributed by atoms with van der Waals surface area (Å²) in [6, 6.07) is 7.79. The zero-order valence-corrected chi connectivity index (χ0v) is 13.9. The average Bonchev–Trinajstić information content (AvgIpc) is 2.91. The van der Waals surface area contributed by atoms with E-state index in [2.05, 4.69) is 15.2 Å². The Morgan fingerprint density at radius 2 is 2.12 bits per heavy atom. The molecule has 24 heavy (non-hydrogen) atoms. The van der Waals surface area contributed by atoms with Gasteiger partial charge in [0, 0.05) is 12.7 Å². The number of anilines is 1. The molecule has 0 aliphatic carbocycles. The number of nitrogen functional groups attached to an aromatic ring is 1. The van der Waals surface area contributed by atoms with Gasteiger partial charge in [-0.15, -0.1) is 0 Å². The first-order valence-electron chi connectivity index (χ1n) is 7.63. The smallest absolute Gasteiger partial charge is 0.253 e. The second-order valence-corrected chi connectivity index (χ2v) is 6.34. The molecule has 2 heterocycles. The van der Waals surface area contributed by atoms with Gasteiger partial charge in [-0.1, -0.05) is 23.7 Å². The minimum atomic E-state index is -0.275. The Morgan fingerprint density at radius 3 is 2.79 bits per heavy atom. The topological polar surface area (TPSA) is 71.2 Å². The summed E-state index contributed by atoms with van der Waals surface area (Å²) in [7, 11) is 1.99. The third-order valence-corrected chi connectivity index (χ3v) is 4.61. The Kier molecular flexibility index (Phi) is 4.69. The Labute approximate surface area is 144 Å². The van der Waals surface area contributed by atoms with Crippen LogP contribution in [0.1, 0.15) is 28.4 Å². The average molecular weight is 349 g/mol. The van der Waals surface area contributed by atoms with E-state index in [1.165, 1.54) is 24.4 Å². The van der Waals surface area contributed by atoms with Crippen LogP contribution in [0.2, 0.25) is 5.02 Å². The van der Waals surface area contributed by atoms with E-state index in [4.69, 9.17) is 17.3 Å². The summed E-state index contributed by atoms with van der Waals surface area (Å²) >= 11 is 5.93. The highest BCUT2D eigenvalue weighted by Gasteiger charge is 2.34. The number of hydrogen-bond donors (Lipinski definition) is 2. The van der Waals surface area contributed by atoms with Crippen LogP contribution in [-0.2, 0) is 0 Å². The number of amides is 1. The maximum Gasteiger partial charge on any atom is 0.253 e. The van der Waals surface area contributed by atoms with E-state index in [1.54, 1.807) is 12.1 Å². The van der Waals surface area contributed by atoms with Gasteiger partial charge >= 0.3 is 0 Å². The highest BCUT2D eigenvalue weighted by Crippen LogP contribution is 2.31. The Balaban J connectivity index is 1.78. The molecule has 1 fully saturated rings. The monoisotopic (exact) mass is 348 g/mol. The number of nitrogens with two attached hydrogens (primary N) is 1. The number of nitrogens with zero attached hydrogens (tertiary/aromatic N) is 2. The van der Waals surface area contributed by atoms with Crippen molar-refractivity contribution in [1.82, 2.24) is 15.2 Å². The van der Waals surface area contributed by atoms with Crippen LogP contribution in [-0.4, -0.2) is 35.4 Å². The number of carbonyl (C=O) groups excluding carboxylic acids is 1. The molecule has 3 N–H and O–H groups in total. The minimum Gasteiger partial charge on any atom is -0.382 e. The van der Waals surface area contributed by atoms with Crippen LogP contribution in [0.25, 0.3) is 0 Å². The molecule has 0 radical (unpaired) electrons. The first-order chi connectivity index (χ1) is 11.5. The maximum atomic E-state index is 13.2. The zero-order valence-electron chi connectivity index (χ0n) is 13.2. The van der Waals surface area contributed by atoms with Crippen molar-refractivity contribution < 1.29 is 9.18 Å². The molecule has 1 aromatic heterocycles. The van der Waals surface area contributed by atoms with Crippen molar-refractivity contribution in [2.45, 2.75) is 18.5 Å². The molecule has 1 amide bonds. The van der Waals surface area contributed by atoms with Gasteiger partial charge in [0.05, 0.1) is 22.7 Å². The largest absolute Gasteiger partial charge is 0.382 e. The zero-order chi connectivity index (χ0) is 17.3. The van der Waals surface area contributed by atoms with E-state index < -0.39 is 0 Å². The second kappa shape index (κ2) is 6.75. The van der Waals surface area contributed by atoms with Crippen LogP contribution in [0.3, 0.4) is 0 Å². The van der Waals surface area contributed by atoms with Crippen LogP contribution in [0, 0.1) is 5.82 Å². The number of rotatable bonds is 3. The van der Waals surface area contributed by atoms with Gasteiger partial charge in [-0.2, -0.15) is 0 Å². The minimum absolute atomic E-state index is 0.00763. The molecule has 0 spiro atoms. The number of halogens is 2. The number of pyridine rings is 1. The van der Waals surface area contributed by atoms with E-state index in [0.29, 0.717) is 5.56 Å². The van der Waals surface area contributed by atoms with Gasteiger partial charge in [0.2, 0.25) is 0 Å². The molecule has 1 aliphatic heterocycles. The fourth-order valence-corrected chi connectivity index (χ4v) is 3.24. The summed E-state index contributed by atoms with van der Waals surface area (Å²) in [5, 5.41) is 3.27. The lowest BCUT2D eigenvalue weighted by Gasteiger charge is -2.26. The van der Waals surface area contributed by atoms with Gasteiger partial charge in [-0.3, -0.25) is 9.69 Å². The van der Waals surface area contributed by atoms with Gasteiger partial charge < -0.3 is 11.1 Å². The molecule has 0 saturated carbocycles. The number of nitrogens with one attached hydrogen (secondary N) is 1. The summed E-state index contributed by atoms with van der Waals surface area (Å²) in [6.45, 7) is 0.841. The van der Waals surface area contributed by atoms with Crippen molar-refractivity contribution in [2.75, 3.05) is 19.3 Å². The molecule has 2 aromatic rings. The molecule has 0 bridgehead atoms. The third-order valence-electron chi connectivity index (χ3n) is 4.31. The molecule has 0 unspecified atom stereocenters. The van der Waals surface area contributed by atoms with Crippen molar-refractivity contribution in [3.05, 3.63) is 58.5 Å². The highest BCUT2D eigenvalue weighted by atomic mass is 35.5. The predicted octanol–water partition coefficient (Wildman–Crippen LogP) is 2.63. The predicted molar refractivity (Wildman–Crippen MR) is 91.3 cm³/mol. The first-order valence-corrected chi connectivity index (χ1v) is 8.01. The molecular weight excluding hydrogens is 331 g/mol. The summed E-state index contributed by atoms with van der Waals surface area (Å²) in [5.41, 5.74) is 6.90. The van der Waals surface area contributed by atoms with Crippen molar-refractivity contribution in [3.8, 4) is 0 Å². The summed E-state index contributed by atoms with van der Waals surface area (Å²) in [6.07, 6.45) is 2.21. The highest BCUT2D eigenvalue weighted by molar-refractivity contribution is 6.33. The van der Waals surface area contributed by atoms with Crippen LogP contribution in [0.4, 0.5) is 10.2 Å². The number of likely N-dealkylation sites (tertiary alicyclic amines) is 1. The van der Waals surface area contributed by atoms with Gasteiger partial charge in [0.25, 0.3) is 5.91 Å². The quantitative estimate of drug-likeness (QED) is 0.894. The number of likely N-dealkylation sites (N-methyl/N-ethyl adjacent to an activating group) is 1. The standard InChI is InChI=1S/C17H18ClFN4O/c1-23-7-6-14(15(23)10-2-4-12(19)5-3-10)22-17(24)11-8-13(18)16(20)21-9-11/h2-5,8-9,14-15H,6-7H2,1H3,(H2,20,21)(H,22,24)/t14-,15+/m0/s1. The van der Waals surface area contributed by atoms with E-state index in [1.807, 2.05) is 7.05 Å². The molecule has 1 aromatic carbocycles. The van der Waals surface area contributed by atoms with E-state index in [9.17, 15) is 9.18 Å². The Hall–Kier alpha value is -2.18. The van der Waals surface area contributed by atoms with E-state index >= 15 is 0 Å². The van der Waals surface area contributed by atoms with Crippen molar-refractivity contribution in [3.63, 3.8) is 0 Å². The van der Waals surface area contributed by atoms with Gasteiger partial charge in [-0.25, -0.2) is 9.37 Å². The van der Waals surface area contributed by atoms with E-state index in [0.717, 1.165) is 18.5 Å². The fourth-order valence-electron chi connectivity index (χ4n) is 3.07. The van der Waals surface area contributed by atoms with Crippen LogP contribution in [0.5, 0.6) is 0 Å². The molecular formula is C17H18ClFN4O. The SMILES string of the molecule is CN1CC[C@H](NC(=O)c2cnc(N)c(Cl)c2)[C@H]1c1ccc(F)cc1. The Bertz CT molecular complexity index is 753. The molecule has 2 atom stereocenters. The lowest BCUT2D eigenvalue weighted by Crippen LogP contribution is -2.39. The van der Waals surface area contributed by atoms with Gasteiger partial charge in [-0.05, 0) is 37.2 Å². The lowest BCUT2D eigenvalue weighted by atomic mass is 10.00. The first kappa shape index (κ1) is 16.7. The number of benzene rings is 1. The maximum absolute atomic E-state index is 13.2. The van der Waals surface area contributed by atoms with E-state index in [-0.39, 0.29) is 34.6 Å². The normalized spacial score (nSPS) is 21.0.